The van der Waals surface area contributed by atoms with Crippen molar-refractivity contribution in [3.8, 4) is 11.1 Å². The minimum atomic E-state index is -0.603. The molecular formula is C30H32N6O4. The molecule has 4 aromatic rings. The maximum atomic E-state index is 13.1. The number of carbonyl (C=O) groups is 2. The lowest BCUT2D eigenvalue weighted by Gasteiger charge is -2.18. The number of aromatic nitrogens is 4. The van der Waals surface area contributed by atoms with Gasteiger partial charge >= 0.3 is 0 Å². The molecule has 2 aromatic carbocycles. The summed E-state index contributed by atoms with van der Waals surface area (Å²) in [5.74, 6) is -0.667. The van der Waals surface area contributed by atoms with Crippen molar-refractivity contribution in [1.29, 1.82) is 0 Å². The molecule has 2 unspecified atom stereocenters. The van der Waals surface area contributed by atoms with Crippen LogP contribution in [-0.2, 0) is 13.1 Å². The van der Waals surface area contributed by atoms with Crippen LogP contribution in [0.2, 0.25) is 0 Å². The number of aliphatic hydroxyl groups excluding tert-OH is 2. The topological polar surface area (TPSA) is 134 Å². The summed E-state index contributed by atoms with van der Waals surface area (Å²) in [4.78, 5) is 26.1. The molecule has 0 bridgehead atoms. The number of nitrogens with zero attached hydrogens (tertiary/aromatic N) is 4. The van der Waals surface area contributed by atoms with Crippen molar-refractivity contribution in [2.75, 3.05) is 10.6 Å². The fraction of sp³-hybridized carbons (Fsp3) is 0.333. The van der Waals surface area contributed by atoms with Crippen molar-refractivity contribution in [2.24, 2.45) is 0 Å². The Kier molecular flexibility index (Phi) is 6.73. The van der Waals surface area contributed by atoms with Gasteiger partial charge in [0.25, 0.3) is 11.8 Å². The molecule has 4 N–H and O–H groups in total. The maximum Gasteiger partial charge on any atom is 0.276 e. The first-order valence-electron chi connectivity index (χ1n) is 13.6. The first-order valence-corrected chi connectivity index (χ1v) is 13.6. The van der Waals surface area contributed by atoms with Crippen molar-refractivity contribution >= 4 is 23.2 Å². The van der Waals surface area contributed by atoms with Crippen LogP contribution in [0.5, 0.6) is 0 Å². The average molecular weight is 541 g/mol. The predicted octanol–water partition coefficient (Wildman–Crippen LogP) is 4.52. The van der Waals surface area contributed by atoms with Gasteiger partial charge in [-0.3, -0.25) is 19.0 Å². The Morgan fingerprint density at radius 2 is 1.18 bits per heavy atom. The molecule has 0 fully saturated rings. The number of nitrogens with one attached hydrogen (secondary N) is 2. The number of hydrogen-bond donors (Lipinski definition) is 4. The van der Waals surface area contributed by atoms with Gasteiger partial charge in [-0.05, 0) is 86.1 Å². The highest BCUT2D eigenvalue weighted by atomic mass is 16.3. The van der Waals surface area contributed by atoms with Gasteiger partial charge in [-0.25, -0.2) is 0 Å². The van der Waals surface area contributed by atoms with E-state index in [-0.39, 0.29) is 23.2 Å². The number of anilines is 2. The smallest absolute Gasteiger partial charge is 0.276 e. The monoisotopic (exact) mass is 540 g/mol. The van der Waals surface area contributed by atoms with E-state index in [4.69, 9.17) is 0 Å². The van der Waals surface area contributed by atoms with Crippen LogP contribution in [0.25, 0.3) is 11.1 Å². The van der Waals surface area contributed by atoms with Gasteiger partial charge in [-0.15, -0.1) is 0 Å². The molecule has 10 nitrogen and oxygen atoms in total. The lowest BCUT2D eigenvalue weighted by Crippen LogP contribution is -2.17. The van der Waals surface area contributed by atoms with E-state index in [0.29, 0.717) is 48.7 Å². The van der Waals surface area contributed by atoms with Gasteiger partial charge in [0.2, 0.25) is 0 Å². The molecule has 2 aromatic heterocycles. The molecule has 0 spiro atoms. The number of carbonyl (C=O) groups excluding carboxylic acids is 2. The Labute approximate surface area is 231 Å². The Bertz CT molecular complexity index is 1500. The summed E-state index contributed by atoms with van der Waals surface area (Å²) < 4.78 is 3.41. The highest BCUT2D eigenvalue weighted by molar-refractivity contribution is 6.05. The molecule has 2 aliphatic rings. The number of hydrogen-bond acceptors (Lipinski definition) is 6. The van der Waals surface area contributed by atoms with E-state index in [9.17, 15) is 19.8 Å². The highest BCUT2D eigenvalue weighted by Gasteiger charge is 2.25. The summed E-state index contributed by atoms with van der Waals surface area (Å²) in [6.07, 6.45) is 1.78. The van der Waals surface area contributed by atoms with E-state index < -0.39 is 12.2 Å². The summed E-state index contributed by atoms with van der Waals surface area (Å²) >= 11 is 0. The van der Waals surface area contributed by atoms with Crippen LogP contribution in [0.15, 0.2) is 48.5 Å². The standard InChI is InChI=1S/C30H32N6O4/c1-17-19(7-3-9-21(17)31-29(39)23-15-25-27(37)11-5-13-35(25)33-23)20-8-4-10-22(18(20)2)32-30(40)24-16-26-28(38)12-6-14-36(26)34-24/h3-4,7-10,15-16,27-28,37-38H,5-6,11-14H2,1-2H3,(H,31,39)(H,32,40). The van der Waals surface area contributed by atoms with Crippen LogP contribution < -0.4 is 10.6 Å². The normalized spacial score (nSPS) is 18.1. The minimum absolute atomic E-state index is 0.273. The molecule has 0 aliphatic carbocycles. The van der Waals surface area contributed by atoms with Gasteiger partial charge in [0.15, 0.2) is 11.4 Å². The lowest BCUT2D eigenvalue weighted by atomic mass is 9.94. The van der Waals surface area contributed by atoms with Crippen LogP contribution in [-0.4, -0.2) is 41.6 Å². The van der Waals surface area contributed by atoms with Crippen LogP contribution in [0, 0.1) is 13.8 Å². The zero-order chi connectivity index (χ0) is 28.0. The summed E-state index contributed by atoms with van der Waals surface area (Å²) in [6, 6.07) is 14.7. The number of fused-ring (bicyclic) bond motifs is 2. The summed E-state index contributed by atoms with van der Waals surface area (Å²) in [5, 5.41) is 35.2. The van der Waals surface area contributed by atoms with Gasteiger partial charge in [-0.1, -0.05) is 24.3 Å². The average Bonchev–Trinajstić information content (AvgIpc) is 3.58. The predicted molar refractivity (Wildman–Crippen MR) is 150 cm³/mol. The number of benzene rings is 2. The first-order chi connectivity index (χ1) is 19.3. The van der Waals surface area contributed by atoms with E-state index in [1.165, 1.54) is 0 Å². The number of rotatable bonds is 5. The quantitative estimate of drug-likeness (QED) is 0.294. The molecule has 2 aliphatic heterocycles. The molecule has 40 heavy (non-hydrogen) atoms. The zero-order valence-corrected chi connectivity index (χ0v) is 22.5. The van der Waals surface area contributed by atoms with Crippen molar-refractivity contribution in [2.45, 2.75) is 64.8 Å². The molecule has 0 saturated heterocycles. The van der Waals surface area contributed by atoms with E-state index in [1.807, 2.05) is 50.2 Å². The second-order valence-electron chi connectivity index (χ2n) is 10.5. The molecule has 2 atom stereocenters. The largest absolute Gasteiger partial charge is 0.387 e. The molecule has 2 amide bonds. The second-order valence-corrected chi connectivity index (χ2v) is 10.5. The van der Waals surface area contributed by atoms with E-state index >= 15 is 0 Å². The number of aliphatic hydroxyl groups is 2. The summed E-state index contributed by atoms with van der Waals surface area (Å²) in [5.41, 5.74) is 6.80. The third kappa shape index (κ3) is 4.69. The third-order valence-electron chi connectivity index (χ3n) is 7.92. The summed E-state index contributed by atoms with van der Waals surface area (Å²) in [7, 11) is 0. The van der Waals surface area contributed by atoms with Crippen molar-refractivity contribution in [3.05, 3.63) is 82.4 Å². The molecule has 6 rings (SSSR count). The van der Waals surface area contributed by atoms with Gasteiger partial charge < -0.3 is 20.8 Å². The number of aryl methyl sites for hydroxylation is 2. The first kappa shape index (κ1) is 26.0. The fourth-order valence-electron chi connectivity index (χ4n) is 5.64. The Morgan fingerprint density at radius 1 is 0.750 bits per heavy atom. The lowest BCUT2D eigenvalue weighted by molar-refractivity contribution is 0.101. The molecular weight excluding hydrogens is 508 g/mol. The molecule has 0 saturated carbocycles. The second kappa shape index (κ2) is 10.4. The van der Waals surface area contributed by atoms with Gasteiger partial charge in [0.05, 0.1) is 23.6 Å². The van der Waals surface area contributed by atoms with Crippen LogP contribution >= 0.6 is 0 Å². The van der Waals surface area contributed by atoms with Crippen molar-refractivity contribution in [1.82, 2.24) is 19.6 Å². The van der Waals surface area contributed by atoms with E-state index in [1.54, 1.807) is 21.5 Å². The zero-order valence-electron chi connectivity index (χ0n) is 22.5. The SMILES string of the molecule is Cc1c(NC(=O)c2cc3n(n2)CCCC3O)cccc1-c1cccc(NC(=O)c2cc3n(n2)CCCC3O)c1C. The fourth-order valence-corrected chi connectivity index (χ4v) is 5.64. The highest BCUT2D eigenvalue weighted by Crippen LogP contribution is 2.34. The molecule has 206 valence electrons. The van der Waals surface area contributed by atoms with Crippen molar-refractivity contribution in [3.63, 3.8) is 0 Å². The molecule has 0 radical (unpaired) electrons. The van der Waals surface area contributed by atoms with Crippen LogP contribution in [0.3, 0.4) is 0 Å². The van der Waals surface area contributed by atoms with Crippen molar-refractivity contribution < 1.29 is 19.8 Å². The van der Waals surface area contributed by atoms with Gasteiger partial charge in [0.1, 0.15) is 0 Å². The van der Waals surface area contributed by atoms with E-state index in [0.717, 1.165) is 35.1 Å². The number of amides is 2. The maximum absolute atomic E-state index is 13.1. The van der Waals surface area contributed by atoms with Crippen LogP contribution in [0.4, 0.5) is 11.4 Å². The summed E-state index contributed by atoms with van der Waals surface area (Å²) in [6.45, 7) is 5.26. The van der Waals surface area contributed by atoms with Gasteiger partial charge in [0, 0.05) is 24.5 Å². The third-order valence-corrected chi connectivity index (χ3v) is 7.92. The molecule has 4 heterocycles. The van der Waals surface area contributed by atoms with Gasteiger partial charge in [-0.2, -0.15) is 10.2 Å². The van der Waals surface area contributed by atoms with Crippen LogP contribution in [0.1, 0.15) is 81.4 Å². The van der Waals surface area contributed by atoms with E-state index in [2.05, 4.69) is 20.8 Å². The Hall–Kier alpha value is -4.28. The molecule has 10 heteroatoms. The minimum Gasteiger partial charge on any atom is -0.387 e. The Balaban J connectivity index is 1.23. The Morgan fingerprint density at radius 3 is 1.57 bits per heavy atom.